The van der Waals surface area contributed by atoms with Gasteiger partial charge < -0.3 is 4.57 Å². The molecule has 0 aliphatic carbocycles. The minimum Gasteiger partial charge on any atom is -0.326 e. The van der Waals surface area contributed by atoms with Crippen LogP contribution in [0.15, 0.2) is 30.6 Å². The van der Waals surface area contributed by atoms with E-state index in [0.717, 1.165) is 36.4 Å². The van der Waals surface area contributed by atoms with Crippen molar-refractivity contribution in [3.8, 4) is 0 Å². The number of hydrogen-bond acceptors (Lipinski definition) is 3. The third-order valence-corrected chi connectivity index (χ3v) is 3.51. The third-order valence-electron chi connectivity index (χ3n) is 3.33. The summed E-state index contributed by atoms with van der Waals surface area (Å²) in [4.78, 5) is 4.70. The van der Waals surface area contributed by atoms with Gasteiger partial charge in [-0.2, -0.15) is 0 Å². The van der Waals surface area contributed by atoms with Gasteiger partial charge in [-0.1, -0.05) is 11.3 Å². The van der Waals surface area contributed by atoms with Crippen molar-refractivity contribution in [2.24, 2.45) is 0 Å². The molecule has 2 aromatic heterocycles. The van der Waals surface area contributed by atoms with E-state index < -0.39 is 0 Å². The first-order valence-electron chi connectivity index (χ1n) is 6.64. The van der Waals surface area contributed by atoms with Crippen LogP contribution in [0.25, 0.3) is 11.0 Å². The summed E-state index contributed by atoms with van der Waals surface area (Å²) in [5, 5.41) is 7.81. The molecule has 20 heavy (non-hydrogen) atoms. The lowest BCUT2D eigenvalue weighted by Gasteiger charge is -2.08. The molecule has 0 atom stereocenters. The highest BCUT2D eigenvalue weighted by atomic mass is 35.5. The van der Waals surface area contributed by atoms with Crippen LogP contribution >= 0.6 is 11.6 Å². The number of fused-ring (bicyclic) bond motifs is 1. The normalized spacial score (nSPS) is 11.3. The number of halogens is 1. The van der Waals surface area contributed by atoms with Gasteiger partial charge in [0.2, 0.25) is 0 Å². The number of aryl methyl sites for hydroxylation is 4. The molecule has 0 aliphatic heterocycles. The second-order valence-electron chi connectivity index (χ2n) is 4.78. The van der Waals surface area contributed by atoms with E-state index in [4.69, 9.17) is 16.6 Å². The van der Waals surface area contributed by atoms with Crippen molar-refractivity contribution >= 4 is 22.6 Å². The molecule has 0 radical (unpaired) electrons. The van der Waals surface area contributed by atoms with E-state index in [1.165, 1.54) is 5.56 Å². The summed E-state index contributed by atoms with van der Waals surface area (Å²) in [6, 6.07) is 6.34. The largest absolute Gasteiger partial charge is 0.326 e. The number of alkyl halides is 1. The SMILES string of the molecule is Cc1ccc2c(c1)nc(CCCl)n2CCn1ccnn1. The Bertz CT molecular complexity index is 702. The molecule has 0 unspecified atom stereocenters. The van der Waals surface area contributed by atoms with Crippen LogP contribution in [0.1, 0.15) is 11.4 Å². The molecule has 5 nitrogen and oxygen atoms in total. The Kier molecular flexibility index (Phi) is 3.69. The molecule has 6 heteroatoms. The van der Waals surface area contributed by atoms with Crippen LogP contribution in [-0.2, 0) is 19.5 Å². The molecule has 0 N–H and O–H groups in total. The summed E-state index contributed by atoms with van der Waals surface area (Å²) >= 11 is 5.89. The van der Waals surface area contributed by atoms with Crippen LogP contribution in [-0.4, -0.2) is 30.4 Å². The van der Waals surface area contributed by atoms with E-state index in [1.807, 2.05) is 10.9 Å². The van der Waals surface area contributed by atoms with E-state index >= 15 is 0 Å². The Morgan fingerprint density at radius 3 is 2.90 bits per heavy atom. The third kappa shape index (κ3) is 2.54. The van der Waals surface area contributed by atoms with E-state index in [2.05, 4.69) is 40.0 Å². The maximum absolute atomic E-state index is 5.89. The fourth-order valence-electron chi connectivity index (χ4n) is 2.37. The van der Waals surface area contributed by atoms with Crippen molar-refractivity contribution in [1.82, 2.24) is 24.5 Å². The summed E-state index contributed by atoms with van der Waals surface area (Å²) in [6.45, 7) is 3.67. The molecule has 0 saturated carbocycles. The zero-order valence-corrected chi connectivity index (χ0v) is 12.1. The van der Waals surface area contributed by atoms with Crippen molar-refractivity contribution in [3.05, 3.63) is 42.0 Å². The van der Waals surface area contributed by atoms with Crippen LogP contribution in [0.3, 0.4) is 0 Å². The number of rotatable bonds is 5. The Labute approximate surface area is 122 Å². The van der Waals surface area contributed by atoms with Gasteiger partial charge in [0.15, 0.2) is 0 Å². The van der Waals surface area contributed by atoms with Gasteiger partial charge in [-0.15, -0.1) is 16.7 Å². The van der Waals surface area contributed by atoms with E-state index in [-0.39, 0.29) is 0 Å². The van der Waals surface area contributed by atoms with Crippen LogP contribution in [0.2, 0.25) is 0 Å². The summed E-state index contributed by atoms with van der Waals surface area (Å²) in [6.07, 6.45) is 4.33. The zero-order valence-electron chi connectivity index (χ0n) is 11.3. The summed E-state index contributed by atoms with van der Waals surface area (Å²) in [5.74, 6) is 1.60. The fourth-order valence-corrected chi connectivity index (χ4v) is 2.54. The lowest BCUT2D eigenvalue weighted by atomic mass is 10.2. The van der Waals surface area contributed by atoms with Gasteiger partial charge in [0, 0.05) is 25.0 Å². The number of hydrogen-bond donors (Lipinski definition) is 0. The topological polar surface area (TPSA) is 48.5 Å². The lowest BCUT2D eigenvalue weighted by molar-refractivity contribution is 0.516. The summed E-state index contributed by atoms with van der Waals surface area (Å²) in [7, 11) is 0. The summed E-state index contributed by atoms with van der Waals surface area (Å²) < 4.78 is 4.04. The molecule has 104 valence electrons. The average molecular weight is 290 g/mol. The van der Waals surface area contributed by atoms with Crippen LogP contribution in [0.4, 0.5) is 0 Å². The first kappa shape index (κ1) is 13.1. The molecule has 0 bridgehead atoms. The predicted molar refractivity (Wildman–Crippen MR) is 78.9 cm³/mol. The molecule has 0 saturated heterocycles. The van der Waals surface area contributed by atoms with Crippen molar-refractivity contribution < 1.29 is 0 Å². The van der Waals surface area contributed by atoms with Crippen molar-refractivity contribution in [1.29, 1.82) is 0 Å². The molecule has 0 spiro atoms. The van der Waals surface area contributed by atoms with Crippen LogP contribution in [0.5, 0.6) is 0 Å². The van der Waals surface area contributed by atoms with E-state index in [0.29, 0.717) is 5.88 Å². The average Bonchev–Trinajstić information content (AvgIpc) is 3.04. The first-order valence-corrected chi connectivity index (χ1v) is 7.17. The minimum atomic E-state index is 0.575. The van der Waals surface area contributed by atoms with Crippen LogP contribution in [0, 0.1) is 6.92 Å². The second kappa shape index (κ2) is 5.63. The molecule has 0 aliphatic rings. The van der Waals surface area contributed by atoms with Gasteiger partial charge in [-0.3, -0.25) is 4.68 Å². The minimum absolute atomic E-state index is 0.575. The van der Waals surface area contributed by atoms with Crippen molar-refractivity contribution in [2.45, 2.75) is 26.4 Å². The second-order valence-corrected chi connectivity index (χ2v) is 5.15. The van der Waals surface area contributed by atoms with Gasteiger partial charge in [-0.25, -0.2) is 4.98 Å². The Morgan fingerprint density at radius 2 is 2.15 bits per heavy atom. The number of nitrogens with zero attached hydrogens (tertiary/aromatic N) is 5. The predicted octanol–water partition coefficient (Wildman–Crippen LogP) is 2.42. The highest BCUT2D eigenvalue weighted by Gasteiger charge is 2.10. The van der Waals surface area contributed by atoms with E-state index in [1.54, 1.807) is 6.20 Å². The maximum Gasteiger partial charge on any atom is 0.111 e. The molecular formula is C14H16ClN5. The number of benzene rings is 1. The summed E-state index contributed by atoms with van der Waals surface area (Å²) in [5.41, 5.74) is 3.40. The van der Waals surface area contributed by atoms with Gasteiger partial charge in [0.1, 0.15) is 5.82 Å². The molecule has 2 heterocycles. The molecule has 1 aromatic carbocycles. The molecule has 0 amide bonds. The quantitative estimate of drug-likeness (QED) is 0.678. The standard InChI is InChI=1S/C14H16ClN5/c1-11-2-3-13-12(10-11)17-14(4-5-15)20(13)9-8-19-7-6-16-18-19/h2-3,6-7,10H,4-5,8-9H2,1H3. The fraction of sp³-hybridized carbons (Fsp3) is 0.357. The Hall–Kier alpha value is -1.88. The van der Waals surface area contributed by atoms with Crippen molar-refractivity contribution in [3.63, 3.8) is 0 Å². The monoisotopic (exact) mass is 289 g/mol. The molecular weight excluding hydrogens is 274 g/mol. The first-order chi connectivity index (χ1) is 9.78. The van der Waals surface area contributed by atoms with E-state index in [9.17, 15) is 0 Å². The number of aromatic nitrogens is 5. The molecule has 3 aromatic rings. The molecule has 3 rings (SSSR count). The Morgan fingerprint density at radius 1 is 1.25 bits per heavy atom. The van der Waals surface area contributed by atoms with Gasteiger partial charge in [0.05, 0.1) is 23.8 Å². The lowest BCUT2D eigenvalue weighted by Crippen LogP contribution is -2.11. The highest BCUT2D eigenvalue weighted by molar-refractivity contribution is 6.17. The molecule has 0 fully saturated rings. The van der Waals surface area contributed by atoms with Gasteiger partial charge >= 0.3 is 0 Å². The van der Waals surface area contributed by atoms with Crippen molar-refractivity contribution in [2.75, 3.05) is 5.88 Å². The highest BCUT2D eigenvalue weighted by Crippen LogP contribution is 2.18. The Balaban J connectivity index is 1.95. The maximum atomic E-state index is 5.89. The van der Waals surface area contributed by atoms with Crippen LogP contribution < -0.4 is 0 Å². The smallest absolute Gasteiger partial charge is 0.111 e. The number of imidazole rings is 1. The zero-order chi connectivity index (χ0) is 13.9. The van der Waals surface area contributed by atoms with Gasteiger partial charge in [-0.05, 0) is 24.6 Å². The van der Waals surface area contributed by atoms with Gasteiger partial charge in [0.25, 0.3) is 0 Å².